The molecule has 1 unspecified atom stereocenters. The Kier molecular flexibility index (Phi) is 8.33. The third-order valence-electron chi connectivity index (χ3n) is 16.2. The van der Waals surface area contributed by atoms with Crippen molar-refractivity contribution in [3.05, 3.63) is 269 Å². The summed E-state index contributed by atoms with van der Waals surface area (Å²) in [5, 5.41) is 2.27. The first-order chi connectivity index (χ1) is 33.7. The predicted molar refractivity (Wildman–Crippen MR) is 286 cm³/mol. The second-order valence-corrected chi connectivity index (χ2v) is 20.4. The molecule has 3 aliphatic rings. The molecule has 69 heavy (non-hydrogen) atoms. The second-order valence-electron chi connectivity index (χ2n) is 20.4. The van der Waals surface area contributed by atoms with E-state index in [1.54, 1.807) is 0 Å². The maximum Gasteiger partial charge on any atom is 0.143 e. The molecule has 14 rings (SSSR count). The van der Waals surface area contributed by atoms with Crippen molar-refractivity contribution in [2.24, 2.45) is 0 Å². The molecule has 0 amide bonds. The molecule has 0 spiro atoms. The van der Waals surface area contributed by atoms with Crippen molar-refractivity contribution in [3.63, 3.8) is 0 Å². The van der Waals surface area contributed by atoms with Gasteiger partial charge in [-0.05, 0) is 114 Å². The summed E-state index contributed by atoms with van der Waals surface area (Å²) in [6, 6.07) is 83.9. The number of para-hydroxylation sites is 2. The van der Waals surface area contributed by atoms with Crippen molar-refractivity contribution in [1.29, 1.82) is 0 Å². The smallest absolute Gasteiger partial charge is 0.143 e. The van der Waals surface area contributed by atoms with Gasteiger partial charge in [0.1, 0.15) is 11.2 Å². The van der Waals surface area contributed by atoms with Crippen LogP contribution in [0.25, 0.3) is 66.4 Å². The Hall–Kier alpha value is -8.20. The Balaban J connectivity index is 1.03. The fourth-order valence-corrected chi connectivity index (χ4v) is 12.9. The zero-order valence-corrected chi connectivity index (χ0v) is 39.2. The van der Waals surface area contributed by atoms with E-state index in [1.165, 1.54) is 77.9 Å². The third-order valence-corrected chi connectivity index (χ3v) is 16.2. The largest absolute Gasteiger partial charge is 0.455 e. The number of anilines is 3. The van der Waals surface area contributed by atoms with Gasteiger partial charge in [0.05, 0.1) is 11.1 Å². The molecule has 0 N–H and O–H groups in total. The van der Waals surface area contributed by atoms with Crippen LogP contribution < -0.4 is 4.90 Å². The lowest BCUT2D eigenvalue weighted by Crippen LogP contribution is -2.30. The molecule has 3 aliphatic carbocycles. The van der Waals surface area contributed by atoms with Gasteiger partial charge in [0.2, 0.25) is 0 Å². The Bertz CT molecular complexity index is 3800. The molecular weight excluding hydrogens is 835 g/mol. The van der Waals surface area contributed by atoms with E-state index in [-0.39, 0.29) is 10.8 Å². The molecular formula is C67H49NO. The van der Waals surface area contributed by atoms with E-state index in [1.807, 2.05) is 6.07 Å². The first kappa shape index (κ1) is 39.9. The molecule has 0 radical (unpaired) electrons. The van der Waals surface area contributed by atoms with Crippen LogP contribution in [0.1, 0.15) is 72.2 Å². The number of hydrogen-bond donors (Lipinski definition) is 0. The van der Waals surface area contributed by atoms with Gasteiger partial charge in [-0.1, -0.05) is 216 Å². The Labute approximate surface area is 403 Å². The number of rotatable bonds is 6. The summed E-state index contributed by atoms with van der Waals surface area (Å²) in [6.07, 6.45) is 0. The summed E-state index contributed by atoms with van der Waals surface area (Å²) in [5.74, 6) is 0. The molecule has 2 nitrogen and oxygen atoms in total. The van der Waals surface area contributed by atoms with E-state index in [0.29, 0.717) is 0 Å². The van der Waals surface area contributed by atoms with Crippen LogP contribution in [0.4, 0.5) is 17.1 Å². The van der Waals surface area contributed by atoms with Gasteiger partial charge in [-0.25, -0.2) is 0 Å². The minimum absolute atomic E-state index is 0.174. The van der Waals surface area contributed by atoms with Crippen molar-refractivity contribution in [3.8, 4) is 44.5 Å². The Morgan fingerprint density at radius 2 is 0.826 bits per heavy atom. The zero-order valence-electron chi connectivity index (χ0n) is 39.2. The standard InChI is InChI=1S/C67H49NO/c1-65(2)56-27-12-8-20-48(56)51-38-36-45(40-59(51)65)68(46-37-39-52-49-21-9-13-28-57(49)66(3,4)60(52)41-46)61-30-17-25-54-50-22-10-14-29-58(50)67(63(54)61,43-18-6-5-7-19-43)44-34-32-42(33-35-44)47-24-16-26-55-53-23-11-15-31-62(53)69-64(47)55/h5-41H,1-4H3. The average Bonchev–Trinajstić information content (AvgIpc) is 4.07. The molecule has 0 fully saturated rings. The van der Waals surface area contributed by atoms with Gasteiger partial charge in [-0.15, -0.1) is 0 Å². The quantitative estimate of drug-likeness (QED) is 0.165. The summed E-state index contributed by atoms with van der Waals surface area (Å²) in [7, 11) is 0. The van der Waals surface area contributed by atoms with Gasteiger partial charge < -0.3 is 9.32 Å². The highest BCUT2D eigenvalue weighted by Gasteiger charge is 2.49. The van der Waals surface area contributed by atoms with Crippen LogP contribution in [-0.4, -0.2) is 0 Å². The van der Waals surface area contributed by atoms with Gasteiger partial charge in [0, 0.05) is 44.1 Å². The van der Waals surface area contributed by atoms with Gasteiger partial charge in [-0.2, -0.15) is 0 Å². The number of hydrogen-bond acceptors (Lipinski definition) is 2. The summed E-state index contributed by atoms with van der Waals surface area (Å²) in [5.41, 5.74) is 24.7. The third kappa shape index (κ3) is 5.43. The predicted octanol–water partition coefficient (Wildman–Crippen LogP) is 17.7. The van der Waals surface area contributed by atoms with Crippen LogP contribution in [0.2, 0.25) is 0 Å². The lowest BCUT2D eigenvalue weighted by atomic mass is 9.67. The second kappa shape index (κ2) is 14.4. The first-order valence-corrected chi connectivity index (χ1v) is 24.3. The van der Waals surface area contributed by atoms with Crippen LogP contribution in [0, 0.1) is 0 Å². The monoisotopic (exact) mass is 883 g/mol. The van der Waals surface area contributed by atoms with Gasteiger partial charge in [-0.3, -0.25) is 0 Å². The molecule has 1 heterocycles. The SMILES string of the molecule is CC1(C)c2ccccc2-c2ccc(N(c3ccc4c(c3)C(C)(C)c3ccccc3-4)c3cccc4c3C(c3ccccc3)(c3ccc(-c5cccc6c5oc5ccccc56)cc3)c3ccccc3-4)cc21. The summed E-state index contributed by atoms with van der Waals surface area (Å²) >= 11 is 0. The number of nitrogens with zero attached hydrogens (tertiary/aromatic N) is 1. The van der Waals surface area contributed by atoms with Crippen molar-refractivity contribution in [2.45, 2.75) is 43.9 Å². The summed E-state index contributed by atoms with van der Waals surface area (Å²) in [6.45, 7) is 9.54. The van der Waals surface area contributed by atoms with Crippen LogP contribution in [0.3, 0.4) is 0 Å². The van der Waals surface area contributed by atoms with E-state index >= 15 is 0 Å². The fourth-order valence-electron chi connectivity index (χ4n) is 12.9. The van der Waals surface area contributed by atoms with E-state index < -0.39 is 5.41 Å². The maximum atomic E-state index is 6.59. The lowest BCUT2D eigenvalue weighted by molar-refractivity contribution is 0.660. The van der Waals surface area contributed by atoms with Crippen LogP contribution in [-0.2, 0) is 16.2 Å². The van der Waals surface area contributed by atoms with Crippen LogP contribution in [0.15, 0.2) is 229 Å². The Morgan fingerprint density at radius 3 is 1.48 bits per heavy atom. The van der Waals surface area contributed by atoms with Crippen molar-refractivity contribution >= 4 is 39.0 Å². The highest BCUT2D eigenvalue weighted by molar-refractivity contribution is 6.09. The highest BCUT2D eigenvalue weighted by atomic mass is 16.3. The maximum absolute atomic E-state index is 6.59. The zero-order chi connectivity index (χ0) is 46.2. The van der Waals surface area contributed by atoms with Crippen LogP contribution >= 0.6 is 0 Å². The van der Waals surface area contributed by atoms with E-state index in [0.717, 1.165) is 50.1 Å². The van der Waals surface area contributed by atoms with Gasteiger partial charge in [0.15, 0.2) is 0 Å². The first-order valence-electron chi connectivity index (χ1n) is 24.3. The molecule has 11 aromatic rings. The van der Waals surface area contributed by atoms with Gasteiger partial charge >= 0.3 is 0 Å². The van der Waals surface area contributed by atoms with Crippen molar-refractivity contribution < 1.29 is 4.42 Å². The van der Waals surface area contributed by atoms with E-state index in [4.69, 9.17) is 4.42 Å². The minimum atomic E-state index is -0.676. The molecule has 0 saturated heterocycles. The molecule has 1 atom stereocenters. The molecule has 2 heteroatoms. The molecule has 10 aromatic carbocycles. The number of benzene rings is 10. The summed E-state index contributed by atoms with van der Waals surface area (Å²) in [4.78, 5) is 2.58. The molecule has 0 saturated carbocycles. The fraction of sp³-hybridized carbons (Fsp3) is 0.104. The normalized spacial score (nSPS) is 16.4. The number of furan rings is 1. The topological polar surface area (TPSA) is 16.4 Å². The highest BCUT2D eigenvalue weighted by Crippen LogP contribution is 2.61. The molecule has 1 aromatic heterocycles. The number of fused-ring (bicyclic) bond motifs is 12. The molecule has 0 bridgehead atoms. The minimum Gasteiger partial charge on any atom is -0.455 e. The van der Waals surface area contributed by atoms with Crippen molar-refractivity contribution in [1.82, 2.24) is 0 Å². The Morgan fingerprint density at radius 1 is 0.348 bits per heavy atom. The molecule has 0 aliphatic heterocycles. The van der Waals surface area contributed by atoms with Crippen molar-refractivity contribution in [2.75, 3.05) is 4.90 Å². The van der Waals surface area contributed by atoms with Crippen LogP contribution in [0.5, 0.6) is 0 Å². The lowest BCUT2D eigenvalue weighted by Gasteiger charge is -2.38. The van der Waals surface area contributed by atoms with Gasteiger partial charge in [0.25, 0.3) is 0 Å². The molecule has 328 valence electrons. The summed E-state index contributed by atoms with van der Waals surface area (Å²) < 4.78 is 6.59. The average molecular weight is 884 g/mol. The van der Waals surface area contributed by atoms with E-state index in [9.17, 15) is 0 Å². The van der Waals surface area contributed by atoms with E-state index in [2.05, 4.69) is 251 Å².